The number of fused-ring (bicyclic) bond motifs is 1. The van der Waals surface area contributed by atoms with Gasteiger partial charge >= 0.3 is 0 Å². The lowest BCUT2D eigenvalue weighted by atomic mass is 10.2. The van der Waals surface area contributed by atoms with Gasteiger partial charge in [-0.15, -0.1) is 0 Å². The van der Waals surface area contributed by atoms with Crippen molar-refractivity contribution in [1.82, 2.24) is 19.5 Å². The molecule has 1 aliphatic rings. The number of rotatable bonds is 7. The van der Waals surface area contributed by atoms with Crippen molar-refractivity contribution in [3.05, 3.63) is 54.9 Å². The Hall–Kier alpha value is -3.85. The summed E-state index contributed by atoms with van der Waals surface area (Å²) in [5.41, 5.74) is 5.69. The van der Waals surface area contributed by atoms with E-state index in [1.807, 2.05) is 32.6 Å². The molecule has 0 unspecified atom stereocenters. The molecule has 182 valence electrons. The monoisotopic (exact) mass is 472 g/mol. The molecule has 9 nitrogen and oxygen atoms in total. The molecule has 2 aromatic heterocycles. The minimum absolute atomic E-state index is 0.223. The predicted octanol–water partition coefficient (Wildman–Crippen LogP) is 4.80. The van der Waals surface area contributed by atoms with Gasteiger partial charge in [-0.3, -0.25) is 0 Å². The van der Waals surface area contributed by atoms with Gasteiger partial charge in [-0.2, -0.15) is 9.97 Å². The Morgan fingerprint density at radius 2 is 1.71 bits per heavy atom. The average Bonchev–Trinajstić information content (AvgIpc) is 3.30. The zero-order chi connectivity index (χ0) is 24.4. The van der Waals surface area contributed by atoms with Gasteiger partial charge in [0.15, 0.2) is 17.0 Å². The molecule has 0 radical (unpaired) electrons. The number of benzene rings is 2. The maximum atomic E-state index is 5.47. The SMILES string of the molecule is CC(C)n1cnc2c(Nc3ccc(N4CCOCC4)cc3)nc(Nc3cccc(N(C)C)c3)nc21. The predicted molar refractivity (Wildman–Crippen MR) is 143 cm³/mol. The van der Waals surface area contributed by atoms with E-state index < -0.39 is 0 Å². The number of hydrogen-bond donors (Lipinski definition) is 2. The molecule has 4 aromatic rings. The molecule has 1 saturated heterocycles. The van der Waals surface area contributed by atoms with Crippen molar-refractivity contribution in [2.75, 3.05) is 60.8 Å². The number of nitrogens with zero attached hydrogens (tertiary/aromatic N) is 6. The van der Waals surface area contributed by atoms with Crippen molar-refractivity contribution in [3.8, 4) is 0 Å². The number of anilines is 6. The van der Waals surface area contributed by atoms with Gasteiger partial charge in [-0.1, -0.05) is 6.07 Å². The van der Waals surface area contributed by atoms with E-state index in [2.05, 4.69) is 80.2 Å². The van der Waals surface area contributed by atoms with Gasteiger partial charge in [0, 0.05) is 56.0 Å². The number of ether oxygens (including phenoxy) is 1. The minimum Gasteiger partial charge on any atom is -0.378 e. The molecule has 5 rings (SSSR count). The van der Waals surface area contributed by atoms with E-state index in [4.69, 9.17) is 14.7 Å². The average molecular weight is 473 g/mol. The number of nitrogens with one attached hydrogen (secondary N) is 2. The molecule has 2 N–H and O–H groups in total. The fraction of sp³-hybridized carbons (Fsp3) is 0.346. The molecule has 0 aliphatic carbocycles. The highest BCUT2D eigenvalue weighted by Crippen LogP contribution is 2.29. The summed E-state index contributed by atoms with van der Waals surface area (Å²) >= 11 is 0. The van der Waals surface area contributed by atoms with Crippen LogP contribution in [0, 0.1) is 0 Å². The Morgan fingerprint density at radius 1 is 0.943 bits per heavy atom. The maximum absolute atomic E-state index is 5.47. The Balaban J connectivity index is 1.46. The molecule has 1 fully saturated rings. The van der Waals surface area contributed by atoms with E-state index in [0.29, 0.717) is 11.8 Å². The first-order valence-electron chi connectivity index (χ1n) is 12.0. The standard InChI is InChI=1S/C26H32N8O/c1-18(2)34-17-27-23-24(28-19-8-10-21(11-9-19)33-12-14-35-15-13-33)30-26(31-25(23)34)29-20-6-5-7-22(16-20)32(3)4/h5-11,16-18H,12-15H2,1-4H3,(H2,28,29,30,31). The summed E-state index contributed by atoms with van der Waals surface area (Å²) in [4.78, 5) is 18.6. The van der Waals surface area contributed by atoms with Crippen molar-refractivity contribution in [2.24, 2.45) is 0 Å². The summed E-state index contributed by atoms with van der Waals surface area (Å²) in [6.45, 7) is 7.60. The zero-order valence-corrected chi connectivity index (χ0v) is 20.7. The third-order valence-electron chi connectivity index (χ3n) is 6.10. The third kappa shape index (κ3) is 5.00. The van der Waals surface area contributed by atoms with Gasteiger partial charge in [0.2, 0.25) is 5.95 Å². The van der Waals surface area contributed by atoms with Crippen molar-refractivity contribution in [3.63, 3.8) is 0 Å². The zero-order valence-electron chi connectivity index (χ0n) is 20.7. The van der Waals surface area contributed by atoms with Gasteiger partial charge in [0.1, 0.15) is 0 Å². The second-order valence-electron chi connectivity index (χ2n) is 9.15. The number of morpholine rings is 1. The normalized spacial score (nSPS) is 13.9. The highest BCUT2D eigenvalue weighted by Gasteiger charge is 2.16. The smallest absolute Gasteiger partial charge is 0.231 e. The van der Waals surface area contributed by atoms with Crippen LogP contribution in [0.3, 0.4) is 0 Å². The van der Waals surface area contributed by atoms with Crippen LogP contribution < -0.4 is 20.4 Å². The van der Waals surface area contributed by atoms with Crippen LogP contribution in [0.2, 0.25) is 0 Å². The van der Waals surface area contributed by atoms with Crippen LogP contribution in [0.4, 0.5) is 34.5 Å². The molecular formula is C26H32N8O. The molecule has 0 amide bonds. The highest BCUT2D eigenvalue weighted by atomic mass is 16.5. The molecule has 0 atom stereocenters. The molecule has 0 saturated carbocycles. The van der Waals surface area contributed by atoms with E-state index in [0.717, 1.165) is 54.5 Å². The Morgan fingerprint density at radius 3 is 2.43 bits per heavy atom. The number of aromatic nitrogens is 4. The van der Waals surface area contributed by atoms with Crippen molar-refractivity contribution in [2.45, 2.75) is 19.9 Å². The first-order chi connectivity index (χ1) is 17.0. The molecule has 35 heavy (non-hydrogen) atoms. The molecular weight excluding hydrogens is 440 g/mol. The van der Waals surface area contributed by atoms with E-state index >= 15 is 0 Å². The summed E-state index contributed by atoms with van der Waals surface area (Å²) in [5, 5.41) is 6.84. The Kier molecular flexibility index (Phi) is 6.41. The van der Waals surface area contributed by atoms with Crippen LogP contribution >= 0.6 is 0 Å². The topological polar surface area (TPSA) is 83.4 Å². The largest absolute Gasteiger partial charge is 0.378 e. The van der Waals surface area contributed by atoms with Crippen LogP contribution in [0.15, 0.2) is 54.9 Å². The van der Waals surface area contributed by atoms with Gasteiger partial charge < -0.3 is 29.7 Å². The van der Waals surface area contributed by atoms with E-state index in [1.54, 1.807) is 0 Å². The van der Waals surface area contributed by atoms with Crippen LogP contribution in [0.25, 0.3) is 11.2 Å². The first kappa shape index (κ1) is 22.9. The molecule has 0 spiro atoms. The second-order valence-corrected chi connectivity index (χ2v) is 9.15. The number of hydrogen-bond acceptors (Lipinski definition) is 8. The van der Waals surface area contributed by atoms with Gasteiger partial charge in [0.25, 0.3) is 0 Å². The minimum atomic E-state index is 0.223. The number of imidazole rings is 1. The first-order valence-corrected chi connectivity index (χ1v) is 12.0. The second kappa shape index (κ2) is 9.79. The molecule has 9 heteroatoms. The van der Waals surface area contributed by atoms with Gasteiger partial charge in [-0.05, 0) is 56.3 Å². The van der Waals surface area contributed by atoms with E-state index in [9.17, 15) is 0 Å². The lowest BCUT2D eigenvalue weighted by molar-refractivity contribution is 0.122. The van der Waals surface area contributed by atoms with Crippen molar-refractivity contribution in [1.29, 1.82) is 0 Å². The summed E-state index contributed by atoms with van der Waals surface area (Å²) in [6.07, 6.45) is 1.83. The lowest BCUT2D eigenvalue weighted by Gasteiger charge is -2.28. The summed E-state index contributed by atoms with van der Waals surface area (Å²) < 4.78 is 7.53. The van der Waals surface area contributed by atoms with Crippen molar-refractivity contribution < 1.29 is 4.74 Å². The molecule has 3 heterocycles. The van der Waals surface area contributed by atoms with Crippen LogP contribution in [0.5, 0.6) is 0 Å². The molecule has 2 aromatic carbocycles. The third-order valence-corrected chi connectivity index (χ3v) is 6.10. The fourth-order valence-electron chi connectivity index (χ4n) is 4.14. The van der Waals surface area contributed by atoms with Crippen LogP contribution in [0.1, 0.15) is 19.9 Å². The van der Waals surface area contributed by atoms with Crippen LogP contribution in [-0.2, 0) is 4.74 Å². The summed E-state index contributed by atoms with van der Waals surface area (Å²) in [7, 11) is 4.05. The van der Waals surface area contributed by atoms with E-state index in [1.165, 1.54) is 5.69 Å². The highest BCUT2D eigenvalue weighted by molar-refractivity contribution is 5.87. The quantitative estimate of drug-likeness (QED) is 0.397. The Labute approximate surface area is 205 Å². The van der Waals surface area contributed by atoms with E-state index in [-0.39, 0.29) is 6.04 Å². The van der Waals surface area contributed by atoms with Crippen molar-refractivity contribution >= 4 is 45.7 Å². The summed E-state index contributed by atoms with van der Waals surface area (Å²) in [6, 6.07) is 16.8. The Bertz CT molecular complexity index is 1290. The fourth-order valence-corrected chi connectivity index (χ4v) is 4.14. The lowest BCUT2D eigenvalue weighted by Crippen LogP contribution is -2.36. The maximum Gasteiger partial charge on any atom is 0.231 e. The molecule has 0 bridgehead atoms. The van der Waals surface area contributed by atoms with Crippen LogP contribution in [-0.4, -0.2) is 59.9 Å². The van der Waals surface area contributed by atoms with Gasteiger partial charge in [0.05, 0.1) is 19.5 Å². The van der Waals surface area contributed by atoms with Gasteiger partial charge in [-0.25, -0.2) is 4.98 Å². The molecule has 1 aliphatic heterocycles. The summed E-state index contributed by atoms with van der Waals surface area (Å²) in [5.74, 6) is 1.18.